The molecule has 124 valence electrons. The predicted molar refractivity (Wildman–Crippen MR) is 68.6 cm³/mol. The van der Waals surface area contributed by atoms with E-state index in [2.05, 4.69) is 4.98 Å². The quantitative estimate of drug-likeness (QED) is 0.525. The van der Waals surface area contributed by atoms with Crippen LogP contribution in [-0.4, -0.2) is 4.98 Å². The molecule has 0 bridgehead atoms. The standard InChI is InChI=1S/C15H10F7N/c1-6(2)7-3-4-9(15(20,21)22)8(5-7)10-11(16)13(18)23-14(19)12(10)17/h3-6H,1-2H3. The number of halogens is 7. The highest BCUT2D eigenvalue weighted by Crippen LogP contribution is 2.40. The normalized spacial score (nSPS) is 12.1. The van der Waals surface area contributed by atoms with Gasteiger partial charge in [0, 0.05) is 5.56 Å². The fourth-order valence-electron chi connectivity index (χ4n) is 2.10. The smallest absolute Gasteiger partial charge is 0.201 e. The Kier molecular flexibility index (Phi) is 4.37. The van der Waals surface area contributed by atoms with Crippen LogP contribution in [0.25, 0.3) is 11.1 Å². The Labute approximate surface area is 126 Å². The summed E-state index contributed by atoms with van der Waals surface area (Å²) in [4.78, 5) is 2.34. The molecule has 0 unspecified atom stereocenters. The first-order chi connectivity index (χ1) is 10.5. The maximum atomic E-state index is 13.8. The Balaban J connectivity index is 2.89. The number of rotatable bonds is 2. The van der Waals surface area contributed by atoms with Crippen LogP contribution in [0.4, 0.5) is 30.7 Å². The molecule has 8 heteroatoms. The lowest BCUT2D eigenvalue weighted by Crippen LogP contribution is -2.11. The van der Waals surface area contributed by atoms with E-state index >= 15 is 0 Å². The number of pyridine rings is 1. The van der Waals surface area contributed by atoms with Crippen LogP contribution in [0.3, 0.4) is 0 Å². The molecule has 0 atom stereocenters. The van der Waals surface area contributed by atoms with Gasteiger partial charge in [0.05, 0.1) is 11.1 Å². The number of alkyl halides is 3. The van der Waals surface area contributed by atoms with Crippen molar-refractivity contribution in [2.75, 3.05) is 0 Å². The summed E-state index contributed by atoms with van der Waals surface area (Å²) in [5.74, 6) is -8.24. The van der Waals surface area contributed by atoms with Gasteiger partial charge < -0.3 is 0 Å². The van der Waals surface area contributed by atoms with Crippen molar-refractivity contribution in [2.45, 2.75) is 25.9 Å². The lowest BCUT2D eigenvalue weighted by Gasteiger charge is -2.17. The van der Waals surface area contributed by atoms with Gasteiger partial charge in [-0.2, -0.15) is 26.9 Å². The lowest BCUT2D eigenvalue weighted by atomic mass is 9.93. The summed E-state index contributed by atoms with van der Waals surface area (Å²) in [6, 6.07) is 2.63. The zero-order valence-corrected chi connectivity index (χ0v) is 11.9. The molecule has 0 N–H and O–H groups in total. The topological polar surface area (TPSA) is 12.9 Å². The first-order valence-corrected chi connectivity index (χ1v) is 6.45. The summed E-state index contributed by atoms with van der Waals surface area (Å²) in [5.41, 5.74) is -3.47. The minimum Gasteiger partial charge on any atom is -0.201 e. The van der Waals surface area contributed by atoms with Crippen molar-refractivity contribution in [1.29, 1.82) is 0 Å². The first kappa shape index (κ1) is 17.2. The van der Waals surface area contributed by atoms with Crippen LogP contribution in [0.15, 0.2) is 18.2 Å². The average molecular weight is 337 g/mol. The molecule has 2 rings (SSSR count). The maximum absolute atomic E-state index is 13.8. The monoisotopic (exact) mass is 337 g/mol. The highest BCUT2D eigenvalue weighted by atomic mass is 19.4. The SMILES string of the molecule is CC(C)c1ccc(C(F)(F)F)c(-c2c(F)c(F)nc(F)c2F)c1. The molecule has 0 spiro atoms. The van der Waals surface area contributed by atoms with Crippen molar-refractivity contribution in [1.82, 2.24) is 4.98 Å². The number of benzene rings is 1. The third kappa shape index (κ3) is 3.16. The zero-order chi connectivity index (χ0) is 17.5. The summed E-state index contributed by atoms with van der Waals surface area (Å²) in [6.07, 6.45) is -4.96. The number of aromatic nitrogens is 1. The van der Waals surface area contributed by atoms with E-state index in [1.54, 1.807) is 13.8 Å². The van der Waals surface area contributed by atoms with E-state index < -0.39 is 46.4 Å². The molecule has 0 saturated carbocycles. The molecule has 1 aromatic carbocycles. The second-order valence-corrected chi connectivity index (χ2v) is 5.15. The van der Waals surface area contributed by atoms with E-state index in [1.807, 2.05) is 0 Å². The Morgan fingerprint density at radius 3 is 1.87 bits per heavy atom. The van der Waals surface area contributed by atoms with E-state index in [9.17, 15) is 30.7 Å². The van der Waals surface area contributed by atoms with E-state index in [0.29, 0.717) is 11.6 Å². The average Bonchev–Trinajstić information content (AvgIpc) is 2.44. The molecular weight excluding hydrogens is 327 g/mol. The van der Waals surface area contributed by atoms with Crippen LogP contribution in [-0.2, 0) is 6.18 Å². The van der Waals surface area contributed by atoms with Gasteiger partial charge in [-0.25, -0.2) is 8.78 Å². The third-order valence-electron chi connectivity index (χ3n) is 3.28. The van der Waals surface area contributed by atoms with Crippen LogP contribution in [0.2, 0.25) is 0 Å². The maximum Gasteiger partial charge on any atom is 0.417 e. The van der Waals surface area contributed by atoms with Crippen LogP contribution >= 0.6 is 0 Å². The van der Waals surface area contributed by atoms with Gasteiger partial charge in [0.2, 0.25) is 0 Å². The van der Waals surface area contributed by atoms with E-state index in [0.717, 1.165) is 12.1 Å². The number of hydrogen-bond donors (Lipinski definition) is 0. The molecule has 2 aromatic rings. The molecule has 0 aliphatic heterocycles. The second-order valence-electron chi connectivity index (χ2n) is 5.15. The lowest BCUT2D eigenvalue weighted by molar-refractivity contribution is -0.137. The summed E-state index contributed by atoms with van der Waals surface area (Å²) in [7, 11) is 0. The largest absolute Gasteiger partial charge is 0.417 e. The predicted octanol–water partition coefficient (Wildman–Crippen LogP) is 5.45. The van der Waals surface area contributed by atoms with Crippen molar-refractivity contribution in [2.24, 2.45) is 0 Å². The Bertz CT molecular complexity index is 724. The van der Waals surface area contributed by atoms with Crippen molar-refractivity contribution < 1.29 is 30.7 Å². The summed E-state index contributed by atoms with van der Waals surface area (Å²) in [5, 5.41) is 0. The van der Waals surface area contributed by atoms with Gasteiger partial charge in [-0.3, -0.25) is 0 Å². The summed E-state index contributed by atoms with van der Waals surface area (Å²) < 4.78 is 93.3. The van der Waals surface area contributed by atoms with Crippen molar-refractivity contribution >= 4 is 0 Å². The van der Waals surface area contributed by atoms with E-state index in [-0.39, 0.29) is 5.92 Å². The molecule has 0 saturated heterocycles. The minimum absolute atomic E-state index is 0.265. The molecule has 0 radical (unpaired) electrons. The highest BCUT2D eigenvalue weighted by molar-refractivity contribution is 5.70. The van der Waals surface area contributed by atoms with Crippen LogP contribution < -0.4 is 0 Å². The highest BCUT2D eigenvalue weighted by Gasteiger charge is 2.36. The molecule has 1 nitrogen and oxygen atoms in total. The van der Waals surface area contributed by atoms with Gasteiger partial charge >= 0.3 is 6.18 Å². The van der Waals surface area contributed by atoms with Crippen LogP contribution in [0, 0.1) is 23.5 Å². The minimum atomic E-state index is -4.96. The molecular formula is C15H10F7N. The zero-order valence-electron chi connectivity index (χ0n) is 11.9. The molecule has 23 heavy (non-hydrogen) atoms. The van der Waals surface area contributed by atoms with Crippen LogP contribution in [0.5, 0.6) is 0 Å². The molecule has 0 aliphatic carbocycles. The molecule has 0 fully saturated rings. The van der Waals surface area contributed by atoms with Gasteiger partial charge in [0.1, 0.15) is 0 Å². The third-order valence-corrected chi connectivity index (χ3v) is 3.28. The van der Waals surface area contributed by atoms with Crippen LogP contribution in [0.1, 0.15) is 30.9 Å². The van der Waals surface area contributed by atoms with Gasteiger partial charge in [0.15, 0.2) is 11.6 Å². The van der Waals surface area contributed by atoms with Crippen molar-refractivity contribution in [3.05, 3.63) is 52.9 Å². The molecule has 1 heterocycles. The van der Waals surface area contributed by atoms with Gasteiger partial charge in [-0.1, -0.05) is 26.0 Å². The van der Waals surface area contributed by atoms with Crippen molar-refractivity contribution in [3.8, 4) is 11.1 Å². The summed E-state index contributed by atoms with van der Waals surface area (Å²) in [6.45, 7) is 3.29. The Morgan fingerprint density at radius 2 is 1.43 bits per heavy atom. The van der Waals surface area contributed by atoms with E-state index in [4.69, 9.17) is 0 Å². The van der Waals surface area contributed by atoms with Gasteiger partial charge in [0.25, 0.3) is 11.9 Å². The Morgan fingerprint density at radius 1 is 0.913 bits per heavy atom. The van der Waals surface area contributed by atoms with E-state index in [1.165, 1.54) is 0 Å². The number of hydrogen-bond acceptors (Lipinski definition) is 1. The fraction of sp³-hybridized carbons (Fsp3) is 0.267. The fourth-order valence-corrected chi connectivity index (χ4v) is 2.10. The molecule has 0 aliphatic rings. The second kappa shape index (κ2) is 5.82. The Hall–Kier alpha value is -2.12. The van der Waals surface area contributed by atoms with Gasteiger partial charge in [-0.05, 0) is 17.5 Å². The van der Waals surface area contributed by atoms with Crippen molar-refractivity contribution in [3.63, 3.8) is 0 Å². The number of nitrogens with zero attached hydrogens (tertiary/aromatic N) is 1. The molecule has 1 aromatic heterocycles. The first-order valence-electron chi connectivity index (χ1n) is 6.45. The van der Waals surface area contributed by atoms with Gasteiger partial charge in [-0.15, -0.1) is 0 Å². The summed E-state index contributed by atoms with van der Waals surface area (Å²) >= 11 is 0. The molecule has 0 amide bonds.